The maximum atomic E-state index is 10.3. The molecule has 0 radical (unpaired) electrons. The lowest BCUT2D eigenvalue weighted by Gasteiger charge is -2.13. The van der Waals surface area contributed by atoms with E-state index in [0.717, 1.165) is 10.5 Å². The highest BCUT2D eigenvalue weighted by atomic mass is 35.6. The van der Waals surface area contributed by atoms with Gasteiger partial charge in [0.05, 0.1) is 11.3 Å². The molecule has 0 amide bonds. The van der Waals surface area contributed by atoms with Crippen molar-refractivity contribution in [1.29, 1.82) is 0 Å². The largest absolute Gasteiger partial charge is 0.213 e. The second-order valence-electron chi connectivity index (χ2n) is 2.19. The summed E-state index contributed by atoms with van der Waals surface area (Å²) in [7, 11) is -1.74. The standard InChI is InChI=1S/C5H11ClOSSi/c1-4-9(3,6)5(2)8-7/h4H2,1-3H3. The Labute approximate surface area is 65.2 Å². The van der Waals surface area contributed by atoms with Gasteiger partial charge in [-0.25, -0.2) is 4.21 Å². The lowest BCUT2D eigenvalue weighted by atomic mass is 10.9. The zero-order chi connectivity index (χ0) is 7.49. The third kappa shape index (κ3) is 2.65. The fourth-order valence-electron chi connectivity index (χ4n) is 0.336. The quantitative estimate of drug-likeness (QED) is 0.362. The molecule has 0 aromatic carbocycles. The van der Waals surface area contributed by atoms with Gasteiger partial charge in [0.25, 0.3) is 0 Å². The zero-order valence-corrected chi connectivity index (χ0v) is 8.47. The van der Waals surface area contributed by atoms with E-state index in [-0.39, 0.29) is 0 Å². The first-order valence-electron chi connectivity index (χ1n) is 2.87. The highest BCUT2D eigenvalue weighted by molar-refractivity contribution is 7.75. The van der Waals surface area contributed by atoms with Crippen LogP contribution in [0.25, 0.3) is 0 Å². The molecule has 0 aliphatic carbocycles. The van der Waals surface area contributed by atoms with Crippen LogP contribution in [0.4, 0.5) is 0 Å². The molecule has 0 saturated heterocycles. The van der Waals surface area contributed by atoms with E-state index in [2.05, 4.69) is 0 Å². The van der Waals surface area contributed by atoms with Crippen LogP contribution in [0.15, 0.2) is 0 Å². The Morgan fingerprint density at radius 1 is 1.78 bits per heavy atom. The fourth-order valence-corrected chi connectivity index (χ4v) is 2.25. The van der Waals surface area contributed by atoms with Crippen LogP contribution >= 0.6 is 11.1 Å². The predicted octanol–water partition coefficient (Wildman–Crippen LogP) is 1.76. The van der Waals surface area contributed by atoms with E-state index in [1.165, 1.54) is 0 Å². The van der Waals surface area contributed by atoms with Gasteiger partial charge >= 0.3 is 0 Å². The van der Waals surface area contributed by atoms with Gasteiger partial charge in [0.1, 0.15) is 0 Å². The van der Waals surface area contributed by atoms with Gasteiger partial charge in [-0.1, -0.05) is 13.5 Å². The molecule has 1 nitrogen and oxygen atoms in total. The Hall–Kier alpha value is 0.397. The first-order valence-corrected chi connectivity index (χ1v) is 7.33. The SMILES string of the molecule is CC[Si](C)(Cl)C(C)=S=O. The van der Waals surface area contributed by atoms with Crippen LogP contribution in [0.5, 0.6) is 0 Å². The second-order valence-corrected chi connectivity index (χ2v) is 9.69. The number of hydrogen-bond acceptors (Lipinski definition) is 1. The normalized spacial score (nSPS) is 16.4. The van der Waals surface area contributed by atoms with Gasteiger partial charge in [0.15, 0.2) is 7.38 Å². The molecule has 0 aliphatic rings. The van der Waals surface area contributed by atoms with Crippen molar-refractivity contribution in [3.8, 4) is 0 Å². The minimum atomic E-state index is -1.74. The molecule has 0 aromatic rings. The molecule has 0 aromatic heterocycles. The van der Waals surface area contributed by atoms with Gasteiger partial charge in [0.2, 0.25) is 0 Å². The van der Waals surface area contributed by atoms with Gasteiger partial charge in [-0.3, -0.25) is 0 Å². The van der Waals surface area contributed by atoms with E-state index in [4.69, 9.17) is 11.1 Å². The summed E-state index contributed by atoms with van der Waals surface area (Å²) >= 11 is 6.61. The third-order valence-electron chi connectivity index (χ3n) is 1.52. The minimum absolute atomic E-state index is 0.553. The van der Waals surface area contributed by atoms with E-state index in [0.29, 0.717) is 11.3 Å². The van der Waals surface area contributed by atoms with E-state index >= 15 is 0 Å². The van der Waals surface area contributed by atoms with Crippen molar-refractivity contribution in [3.05, 3.63) is 0 Å². The molecule has 0 rings (SSSR count). The van der Waals surface area contributed by atoms with Crippen LogP contribution in [0, 0.1) is 0 Å². The van der Waals surface area contributed by atoms with Crippen LogP contribution in [0.3, 0.4) is 0 Å². The van der Waals surface area contributed by atoms with Crippen molar-refractivity contribution in [1.82, 2.24) is 0 Å². The molecular formula is C5H11ClOSSi. The fraction of sp³-hybridized carbons (Fsp3) is 0.800. The maximum Gasteiger partial charge on any atom is 0.193 e. The molecule has 0 N–H and O–H groups in total. The van der Waals surface area contributed by atoms with Gasteiger partial charge in [-0.05, 0) is 13.0 Å². The highest BCUT2D eigenvalue weighted by Crippen LogP contribution is 2.14. The number of rotatable bonds is 2. The average molecular weight is 183 g/mol. The lowest BCUT2D eigenvalue weighted by Crippen LogP contribution is -2.31. The predicted molar refractivity (Wildman–Crippen MR) is 46.8 cm³/mol. The first-order chi connectivity index (χ1) is 4.04. The van der Waals surface area contributed by atoms with Gasteiger partial charge in [-0.15, -0.1) is 0 Å². The minimum Gasteiger partial charge on any atom is -0.213 e. The molecule has 0 aliphatic heterocycles. The van der Waals surface area contributed by atoms with Gasteiger partial charge in [-0.2, -0.15) is 11.1 Å². The molecule has 0 heterocycles. The summed E-state index contributed by atoms with van der Waals surface area (Å²) in [5, 5.41) is 0. The molecule has 0 spiro atoms. The summed E-state index contributed by atoms with van der Waals surface area (Å²) in [6.07, 6.45) is 0. The van der Waals surface area contributed by atoms with Crippen molar-refractivity contribution in [3.63, 3.8) is 0 Å². The van der Waals surface area contributed by atoms with Crippen LogP contribution in [-0.2, 0) is 11.3 Å². The molecule has 0 bridgehead atoms. The number of halogens is 1. The monoisotopic (exact) mass is 182 g/mol. The average Bonchev–Trinajstić information content (AvgIpc) is 1.86. The summed E-state index contributed by atoms with van der Waals surface area (Å²) in [5.74, 6) is 0. The molecule has 9 heavy (non-hydrogen) atoms. The Morgan fingerprint density at radius 3 is 2.33 bits per heavy atom. The van der Waals surface area contributed by atoms with Crippen LogP contribution in [0.2, 0.25) is 12.6 Å². The van der Waals surface area contributed by atoms with E-state index in [1.54, 1.807) is 0 Å². The van der Waals surface area contributed by atoms with Crippen LogP contribution < -0.4 is 0 Å². The number of hydrogen-bond donors (Lipinski definition) is 0. The van der Waals surface area contributed by atoms with E-state index < -0.39 is 7.38 Å². The topological polar surface area (TPSA) is 17.1 Å². The van der Waals surface area contributed by atoms with Crippen LogP contribution in [-0.4, -0.2) is 16.1 Å². The van der Waals surface area contributed by atoms with Gasteiger partial charge in [0, 0.05) is 4.49 Å². The van der Waals surface area contributed by atoms with Crippen molar-refractivity contribution >= 4 is 34.2 Å². The maximum absolute atomic E-state index is 10.3. The Kier molecular flexibility index (Phi) is 3.69. The Bertz CT molecular complexity index is 151. The Morgan fingerprint density at radius 2 is 2.22 bits per heavy atom. The summed E-state index contributed by atoms with van der Waals surface area (Å²) in [4.78, 5) is 0. The second kappa shape index (κ2) is 3.54. The first kappa shape index (κ1) is 9.40. The molecule has 0 fully saturated rings. The summed E-state index contributed by atoms with van der Waals surface area (Å²) < 4.78 is 11.1. The Balaban J connectivity index is 4.33. The summed E-state index contributed by atoms with van der Waals surface area (Å²) in [5.41, 5.74) is 0. The van der Waals surface area contributed by atoms with Crippen molar-refractivity contribution in [2.24, 2.45) is 0 Å². The summed E-state index contributed by atoms with van der Waals surface area (Å²) in [6, 6.07) is 0.940. The molecule has 1 atom stereocenters. The lowest BCUT2D eigenvalue weighted by molar-refractivity contribution is 0.701. The van der Waals surface area contributed by atoms with Gasteiger partial charge < -0.3 is 0 Å². The molecular weight excluding hydrogens is 172 g/mol. The van der Waals surface area contributed by atoms with Crippen LogP contribution in [0.1, 0.15) is 13.8 Å². The molecule has 54 valence electrons. The molecule has 4 heteroatoms. The molecule has 0 saturated carbocycles. The van der Waals surface area contributed by atoms with Crippen molar-refractivity contribution < 1.29 is 4.21 Å². The highest BCUT2D eigenvalue weighted by Gasteiger charge is 2.25. The van der Waals surface area contributed by atoms with Crippen molar-refractivity contribution in [2.45, 2.75) is 26.4 Å². The summed E-state index contributed by atoms with van der Waals surface area (Å²) in [6.45, 7) is 5.86. The third-order valence-corrected chi connectivity index (χ3v) is 8.16. The van der Waals surface area contributed by atoms with E-state index in [1.807, 2.05) is 20.4 Å². The van der Waals surface area contributed by atoms with Crippen molar-refractivity contribution in [2.75, 3.05) is 0 Å². The smallest absolute Gasteiger partial charge is 0.193 e. The van der Waals surface area contributed by atoms with E-state index in [9.17, 15) is 4.21 Å². The molecule has 1 unspecified atom stereocenters. The zero-order valence-electron chi connectivity index (χ0n) is 5.90.